The number of guanidine groups is 1. The minimum atomic E-state index is -2.88. The Bertz CT molecular complexity index is 628. The predicted molar refractivity (Wildman–Crippen MR) is 116 cm³/mol. The van der Waals surface area contributed by atoms with Crippen LogP contribution in [0.1, 0.15) is 31.7 Å². The molecule has 1 aliphatic carbocycles. The molecule has 0 aromatic heterocycles. The molecule has 0 spiro atoms. The topological polar surface area (TPSA) is 64.1 Å². The zero-order chi connectivity index (χ0) is 19.7. The van der Waals surface area contributed by atoms with Crippen LogP contribution < -0.4 is 20.1 Å². The van der Waals surface area contributed by atoms with Crippen molar-refractivity contribution in [3.63, 3.8) is 0 Å². The first-order chi connectivity index (χ1) is 13.0. The van der Waals surface area contributed by atoms with Crippen LogP contribution in [0.2, 0.25) is 0 Å². The number of rotatable bonds is 11. The first-order valence-corrected chi connectivity index (χ1v) is 9.16. The van der Waals surface area contributed by atoms with Gasteiger partial charge in [0.25, 0.3) is 0 Å². The van der Waals surface area contributed by atoms with Crippen molar-refractivity contribution in [2.24, 2.45) is 10.4 Å². The van der Waals surface area contributed by atoms with Gasteiger partial charge in [-0.2, -0.15) is 8.78 Å². The van der Waals surface area contributed by atoms with Gasteiger partial charge in [-0.3, -0.25) is 4.99 Å². The van der Waals surface area contributed by atoms with Gasteiger partial charge in [0.15, 0.2) is 5.96 Å². The van der Waals surface area contributed by atoms with Crippen LogP contribution in [0, 0.1) is 5.41 Å². The van der Waals surface area contributed by atoms with Crippen LogP contribution in [0.15, 0.2) is 23.2 Å². The van der Waals surface area contributed by atoms with Crippen molar-refractivity contribution >= 4 is 29.9 Å². The second-order valence-corrected chi connectivity index (χ2v) is 6.58. The lowest BCUT2D eigenvalue weighted by atomic mass is 10.0. The number of hydrogen-bond acceptors (Lipinski definition) is 4. The second kappa shape index (κ2) is 12.3. The summed E-state index contributed by atoms with van der Waals surface area (Å²) in [5, 5.41) is 6.47. The van der Waals surface area contributed by atoms with E-state index < -0.39 is 6.61 Å². The highest BCUT2D eigenvalue weighted by Gasteiger charge is 2.41. The van der Waals surface area contributed by atoms with Crippen LogP contribution >= 0.6 is 24.0 Å². The summed E-state index contributed by atoms with van der Waals surface area (Å²) in [4.78, 5) is 4.21. The molecule has 0 radical (unpaired) electrons. The van der Waals surface area contributed by atoms with E-state index in [0.29, 0.717) is 17.3 Å². The van der Waals surface area contributed by atoms with Crippen LogP contribution in [-0.2, 0) is 11.3 Å². The minimum Gasteiger partial charge on any atom is -0.497 e. The smallest absolute Gasteiger partial charge is 0.387 e. The number of benzene rings is 1. The molecule has 2 rings (SSSR count). The Balaban J connectivity index is 0.00000392. The maximum atomic E-state index is 12.6. The number of hydrogen-bond donors (Lipinski definition) is 2. The Hall–Kier alpha value is -1.36. The van der Waals surface area contributed by atoms with Crippen molar-refractivity contribution < 1.29 is 23.0 Å². The molecule has 0 atom stereocenters. The van der Waals surface area contributed by atoms with Crippen molar-refractivity contribution in [3.8, 4) is 11.5 Å². The first kappa shape index (κ1) is 24.7. The maximum Gasteiger partial charge on any atom is 0.387 e. The molecule has 28 heavy (non-hydrogen) atoms. The molecule has 0 bridgehead atoms. The van der Waals surface area contributed by atoms with E-state index in [1.807, 2.05) is 6.92 Å². The molecule has 0 amide bonds. The highest BCUT2D eigenvalue weighted by molar-refractivity contribution is 14.0. The Morgan fingerprint density at radius 2 is 2.04 bits per heavy atom. The SMILES string of the molecule is CCOCCC1(CNC(=NC)NCc2cc(OC)ccc2OC(F)F)CC1.I. The fraction of sp³-hybridized carbons (Fsp3) is 0.632. The third-order valence-corrected chi connectivity index (χ3v) is 4.72. The molecule has 2 N–H and O–H groups in total. The molecule has 9 heteroatoms. The molecule has 6 nitrogen and oxygen atoms in total. The zero-order valence-corrected chi connectivity index (χ0v) is 18.9. The van der Waals surface area contributed by atoms with Crippen molar-refractivity contribution in [1.82, 2.24) is 10.6 Å². The Morgan fingerprint density at radius 3 is 2.61 bits per heavy atom. The summed E-state index contributed by atoms with van der Waals surface area (Å²) in [6.45, 7) is 1.70. The van der Waals surface area contributed by atoms with Crippen LogP contribution in [0.3, 0.4) is 0 Å². The van der Waals surface area contributed by atoms with E-state index in [9.17, 15) is 8.78 Å². The van der Waals surface area contributed by atoms with Crippen molar-refractivity contribution in [3.05, 3.63) is 23.8 Å². The quantitative estimate of drug-likeness (QED) is 0.204. The van der Waals surface area contributed by atoms with Crippen LogP contribution in [0.4, 0.5) is 8.78 Å². The van der Waals surface area contributed by atoms with Crippen molar-refractivity contribution in [1.29, 1.82) is 0 Å². The van der Waals surface area contributed by atoms with Gasteiger partial charge in [0, 0.05) is 38.9 Å². The summed E-state index contributed by atoms with van der Waals surface area (Å²) < 4.78 is 40.4. The van der Waals surface area contributed by atoms with E-state index in [4.69, 9.17) is 9.47 Å². The highest BCUT2D eigenvalue weighted by atomic mass is 127. The molecule has 0 aliphatic heterocycles. The summed E-state index contributed by atoms with van der Waals surface area (Å²) in [6.07, 6.45) is 3.37. The van der Waals surface area contributed by atoms with Crippen molar-refractivity contribution in [2.75, 3.05) is 33.9 Å². The van der Waals surface area contributed by atoms with E-state index in [2.05, 4.69) is 20.4 Å². The Morgan fingerprint density at radius 1 is 1.29 bits per heavy atom. The molecule has 1 saturated carbocycles. The van der Waals surface area contributed by atoms with Gasteiger partial charge in [0.2, 0.25) is 0 Å². The number of halogens is 3. The number of nitrogens with zero attached hydrogens (tertiary/aromatic N) is 1. The van der Waals surface area contributed by atoms with E-state index in [0.717, 1.165) is 26.2 Å². The van der Waals surface area contributed by atoms with Crippen LogP contribution in [0.5, 0.6) is 11.5 Å². The highest BCUT2D eigenvalue weighted by Crippen LogP contribution is 2.48. The molecule has 0 unspecified atom stereocenters. The van der Waals surface area contributed by atoms with Gasteiger partial charge in [-0.15, -0.1) is 24.0 Å². The van der Waals surface area contributed by atoms with Gasteiger partial charge in [-0.1, -0.05) is 0 Å². The Labute approximate surface area is 182 Å². The van der Waals surface area contributed by atoms with E-state index in [1.54, 1.807) is 19.2 Å². The molecule has 1 aliphatic rings. The maximum absolute atomic E-state index is 12.6. The molecule has 160 valence electrons. The average molecular weight is 513 g/mol. The standard InChI is InChI=1S/C19H29F2N3O3.HI/c1-4-26-10-9-19(7-8-19)13-24-18(22-2)23-12-14-11-15(25-3)5-6-16(14)27-17(20)21;/h5-6,11,17H,4,7-10,12-13H2,1-3H3,(H2,22,23,24);1H. The summed E-state index contributed by atoms with van der Waals surface area (Å²) in [5.41, 5.74) is 0.835. The predicted octanol–water partition coefficient (Wildman–Crippen LogP) is 3.79. The number of nitrogens with one attached hydrogen (secondary N) is 2. The molecule has 1 aromatic carbocycles. The third-order valence-electron chi connectivity index (χ3n) is 4.72. The molecule has 1 aromatic rings. The summed E-state index contributed by atoms with van der Waals surface area (Å²) in [6, 6.07) is 4.73. The van der Waals surface area contributed by atoms with Crippen LogP contribution in [-0.4, -0.2) is 46.5 Å². The zero-order valence-electron chi connectivity index (χ0n) is 16.6. The number of ether oxygens (including phenoxy) is 3. The summed E-state index contributed by atoms with van der Waals surface area (Å²) >= 11 is 0. The Kier molecular flexibility index (Phi) is 10.8. The van der Waals surface area contributed by atoms with Gasteiger partial charge in [0.05, 0.1) is 7.11 Å². The summed E-state index contributed by atoms with van der Waals surface area (Å²) in [7, 11) is 3.20. The molecule has 0 saturated heterocycles. The van der Waals surface area contributed by atoms with E-state index >= 15 is 0 Å². The van der Waals surface area contributed by atoms with Crippen molar-refractivity contribution in [2.45, 2.75) is 39.3 Å². The normalized spacial score (nSPS) is 15.0. The average Bonchev–Trinajstić information content (AvgIpc) is 3.42. The second-order valence-electron chi connectivity index (χ2n) is 6.58. The van der Waals surface area contributed by atoms with Gasteiger partial charge in [-0.05, 0) is 49.8 Å². The fourth-order valence-corrected chi connectivity index (χ4v) is 2.83. The number of methoxy groups -OCH3 is 1. The molecular weight excluding hydrogens is 483 g/mol. The van der Waals surface area contributed by atoms with E-state index in [-0.39, 0.29) is 41.7 Å². The number of aliphatic imine (C=N–C) groups is 1. The van der Waals surface area contributed by atoms with Gasteiger partial charge < -0.3 is 24.8 Å². The lowest BCUT2D eigenvalue weighted by Crippen LogP contribution is -2.40. The van der Waals surface area contributed by atoms with Crippen LogP contribution in [0.25, 0.3) is 0 Å². The largest absolute Gasteiger partial charge is 0.497 e. The molecule has 1 fully saturated rings. The number of alkyl halides is 2. The van der Waals surface area contributed by atoms with Gasteiger partial charge in [0.1, 0.15) is 11.5 Å². The van der Waals surface area contributed by atoms with Gasteiger partial charge >= 0.3 is 6.61 Å². The first-order valence-electron chi connectivity index (χ1n) is 9.16. The van der Waals surface area contributed by atoms with E-state index in [1.165, 1.54) is 26.0 Å². The lowest BCUT2D eigenvalue weighted by Gasteiger charge is -2.19. The fourth-order valence-electron chi connectivity index (χ4n) is 2.83. The molecule has 0 heterocycles. The molecular formula is C19H30F2IN3O3. The third kappa shape index (κ3) is 7.94. The summed E-state index contributed by atoms with van der Waals surface area (Å²) in [5.74, 6) is 1.30. The monoisotopic (exact) mass is 513 g/mol. The minimum absolute atomic E-state index is 0. The lowest BCUT2D eigenvalue weighted by molar-refractivity contribution is -0.0505. The van der Waals surface area contributed by atoms with Gasteiger partial charge in [-0.25, -0.2) is 0 Å².